The Labute approximate surface area is 146 Å². The number of hydrogen-bond acceptors (Lipinski definition) is 1. The van der Waals surface area contributed by atoms with Gasteiger partial charge in [-0.3, -0.25) is 4.79 Å². The smallest absolute Gasteiger partial charge is 0.269 e. The molecule has 23 heavy (non-hydrogen) atoms. The summed E-state index contributed by atoms with van der Waals surface area (Å²) in [6.07, 6.45) is 2.63. The van der Waals surface area contributed by atoms with Gasteiger partial charge in [0.25, 0.3) is 5.56 Å². The van der Waals surface area contributed by atoms with Crippen LogP contribution in [0.2, 0.25) is 5.02 Å². The summed E-state index contributed by atoms with van der Waals surface area (Å²) in [5.74, 6) is -0.0562. The zero-order valence-electron chi connectivity index (χ0n) is 13.9. The van der Waals surface area contributed by atoms with Gasteiger partial charge < -0.3 is 4.57 Å². The highest BCUT2D eigenvalue weighted by Gasteiger charge is 2.25. The molecule has 0 amide bonds. The van der Waals surface area contributed by atoms with Crippen molar-refractivity contribution in [3.63, 3.8) is 0 Å². The fourth-order valence-electron chi connectivity index (χ4n) is 3.00. The summed E-state index contributed by atoms with van der Waals surface area (Å²) in [4.78, 5) is 12.4. The van der Waals surface area contributed by atoms with Crippen molar-refractivity contribution in [3.05, 3.63) is 49.6 Å². The van der Waals surface area contributed by atoms with Crippen molar-refractivity contribution in [1.29, 1.82) is 0 Å². The van der Waals surface area contributed by atoms with Gasteiger partial charge in [0.05, 0.1) is 5.69 Å². The van der Waals surface area contributed by atoms with Gasteiger partial charge in [-0.25, -0.2) is 4.39 Å². The highest BCUT2D eigenvalue weighted by molar-refractivity contribution is 6.34. The first-order chi connectivity index (χ1) is 10.8. The molecule has 1 atom stereocenters. The third-order valence-corrected chi connectivity index (χ3v) is 4.70. The third-order valence-electron chi connectivity index (χ3n) is 4.09. The van der Waals surface area contributed by atoms with Gasteiger partial charge in [0.2, 0.25) is 0 Å². The minimum absolute atomic E-state index is 0.216. The maximum absolute atomic E-state index is 13.8. The molecule has 126 valence electrons. The highest BCUT2D eigenvalue weighted by Crippen LogP contribution is 2.39. The van der Waals surface area contributed by atoms with Gasteiger partial charge in [-0.1, -0.05) is 44.0 Å². The van der Waals surface area contributed by atoms with Gasteiger partial charge in [-0.2, -0.15) is 0 Å². The predicted octanol–water partition coefficient (Wildman–Crippen LogP) is 5.56. The van der Waals surface area contributed by atoms with Crippen LogP contribution in [-0.4, -0.2) is 4.57 Å². The molecule has 1 aromatic rings. The van der Waals surface area contributed by atoms with Crippen molar-refractivity contribution in [2.75, 3.05) is 0 Å². The van der Waals surface area contributed by atoms with Crippen LogP contribution in [0.5, 0.6) is 0 Å². The zero-order chi connectivity index (χ0) is 17.3. The van der Waals surface area contributed by atoms with Crippen LogP contribution in [0.4, 0.5) is 4.39 Å². The lowest BCUT2D eigenvalue weighted by molar-refractivity contribution is 0.493. The average molecular weight is 358 g/mol. The summed E-state index contributed by atoms with van der Waals surface area (Å²) in [5, 5.41) is 0.586. The minimum Gasteiger partial charge on any atom is -0.307 e. The Morgan fingerprint density at radius 1 is 1.39 bits per heavy atom. The summed E-state index contributed by atoms with van der Waals surface area (Å²) >= 11 is 12.4. The number of hydrogen-bond donors (Lipinski definition) is 0. The second-order valence-electron chi connectivity index (χ2n) is 6.47. The van der Waals surface area contributed by atoms with E-state index < -0.39 is 0 Å². The molecule has 1 heterocycles. The molecule has 2 nitrogen and oxygen atoms in total. The number of halogens is 3. The lowest BCUT2D eigenvalue weighted by Gasteiger charge is -2.25. The molecule has 0 radical (unpaired) electrons. The first kappa shape index (κ1) is 18.3. The van der Waals surface area contributed by atoms with Crippen molar-refractivity contribution >= 4 is 28.8 Å². The van der Waals surface area contributed by atoms with E-state index in [4.69, 9.17) is 23.2 Å². The molecule has 0 N–H and O–H groups in total. The Kier molecular flexibility index (Phi) is 5.74. The Morgan fingerprint density at radius 3 is 2.61 bits per heavy atom. The SMILES string of the molecule is CCn1c(C2=C(Cl)C=C(F)C(C)C2)c(CC(C)C)cc(Cl)c1=O. The molecule has 0 saturated carbocycles. The molecule has 0 saturated heterocycles. The highest BCUT2D eigenvalue weighted by atomic mass is 35.5. The van der Waals surface area contributed by atoms with Crippen molar-refractivity contribution in [2.45, 2.75) is 47.1 Å². The van der Waals surface area contributed by atoms with Gasteiger partial charge in [-0.05, 0) is 49.0 Å². The lowest BCUT2D eigenvalue weighted by Crippen LogP contribution is -2.26. The van der Waals surface area contributed by atoms with E-state index in [0.29, 0.717) is 23.9 Å². The Balaban J connectivity index is 2.76. The maximum Gasteiger partial charge on any atom is 0.269 e. The van der Waals surface area contributed by atoms with Crippen LogP contribution in [0.3, 0.4) is 0 Å². The van der Waals surface area contributed by atoms with Crippen LogP contribution in [-0.2, 0) is 13.0 Å². The molecule has 2 rings (SSSR count). The summed E-state index contributed by atoms with van der Waals surface area (Å²) in [7, 11) is 0. The number of pyridine rings is 1. The summed E-state index contributed by atoms with van der Waals surface area (Å²) in [6.45, 7) is 8.43. The average Bonchev–Trinajstić information content (AvgIpc) is 2.46. The van der Waals surface area contributed by atoms with E-state index in [9.17, 15) is 9.18 Å². The molecule has 1 aliphatic carbocycles. The first-order valence-electron chi connectivity index (χ1n) is 7.94. The molecular formula is C18H22Cl2FNO. The second kappa shape index (κ2) is 7.23. The van der Waals surface area contributed by atoms with Crippen molar-refractivity contribution in [1.82, 2.24) is 4.57 Å². The van der Waals surface area contributed by atoms with E-state index in [1.165, 1.54) is 6.08 Å². The summed E-state index contributed by atoms with van der Waals surface area (Å²) in [5.41, 5.74) is 2.39. The topological polar surface area (TPSA) is 22.0 Å². The van der Waals surface area contributed by atoms with Gasteiger partial charge in [0, 0.05) is 17.5 Å². The molecule has 0 aliphatic heterocycles. The van der Waals surface area contributed by atoms with Crippen LogP contribution >= 0.6 is 23.2 Å². The fraction of sp³-hybridized carbons (Fsp3) is 0.500. The standard InChI is InChI=1S/C18H22Cl2FNO/c1-5-22-17(13-7-11(4)16(21)9-14(13)19)12(6-10(2)3)8-15(20)18(22)23/h8-11H,5-7H2,1-4H3. The fourth-order valence-corrected chi connectivity index (χ4v) is 3.51. The van der Waals surface area contributed by atoms with Gasteiger partial charge >= 0.3 is 0 Å². The molecule has 5 heteroatoms. The van der Waals surface area contributed by atoms with Crippen LogP contribution in [0, 0.1) is 11.8 Å². The molecule has 1 unspecified atom stereocenters. The molecule has 0 aromatic carbocycles. The van der Waals surface area contributed by atoms with E-state index in [1.807, 2.05) is 13.8 Å². The van der Waals surface area contributed by atoms with E-state index in [-0.39, 0.29) is 22.3 Å². The van der Waals surface area contributed by atoms with Gasteiger partial charge in [-0.15, -0.1) is 0 Å². The van der Waals surface area contributed by atoms with Gasteiger partial charge in [0.15, 0.2) is 0 Å². The Bertz CT molecular complexity index is 731. The number of allylic oxidation sites excluding steroid dienone is 4. The monoisotopic (exact) mass is 357 g/mol. The quantitative estimate of drug-likeness (QED) is 0.690. The summed E-state index contributed by atoms with van der Waals surface area (Å²) < 4.78 is 15.5. The van der Waals surface area contributed by atoms with Crippen molar-refractivity contribution in [2.24, 2.45) is 11.8 Å². The maximum atomic E-state index is 13.8. The van der Waals surface area contributed by atoms with E-state index in [1.54, 1.807) is 10.6 Å². The number of rotatable bonds is 4. The van der Waals surface area contributed by atoms with Crippen LogP contribution in [0.15, 0.2) is 27.8 Å². The lowest BCUT2D eigenvalue weighted by atomic mass is 9.88. The largest absolute Gasteiger partial charge is 0.307 e. The van der Waals surface area contributed by atoms with Crippen LogP contribution < -0.4 is 5.56 Å². The second-order valence-corrected chi connectivity index (χ2v) is 7.29. The van der Waals surface area contributed by atoms with Crippen LogP contribution in [0.1, 0.15) is 45.4 Å². The van der Waals surface area contributed by atoms with E-state index >= 15 is 0 Å². The molecule has 1 aromatic heterocycles. The number of nitrogens with zero attached hydrogens (tertiary/aromatic N) is 1. The molecule has 0 bridgehead atoms. The minimum atomic E-state index is -0.240. The van der Waals surface area contributed by atoms with Crippen molar-refractivity contribution < 1.29 is 4.39 Å². The molecule has 0 fully saturated rings. The Hall–Kier alpha value is -1.06. The molecular weight excluding hydrogens is 336 g/mol. The summed E-state index contributed by atoms with van der Waals surface area (Å²) in [6, 6.07) is 1.74. The van der Waals surface area contributed by atoms with Gasteiger partial charge in [0.1, 0.15) is 10.8 Å². The Morgan fingerprint density at radius 2 is 2.04 bits per heavy atom. The normalized spacial score (nSPS) is 18.6. The van der Waals surface area contributed by atoms with E-state index in [2.05, 4.69) is 13.8 Å². The van der Waals surface area contributed by atoms with Crippen LogP contribution in [0.25, 0.3) is 5.57 Å². The number of aromatic nitrogens is 1. The molecule has 0 spiro atoms. The molecule has 1 aliphatic rings. The van der Waals surface area contributed by atoms with E-state index in [0.717, 1.165) is 23.3 Å². The predicted molar refractivity (Wildman–Crippen MR) is 95.7 cm³/mol. The first-order valence-corrected chi connectivity index (χ1v) is 8.70. The third kappa shape index (κ3) is 3.72. The zero-order valence-corrected chi connectivity index (χ0v) is 15.4. The van der Waals surface area contributed by atoms with Crippen molar-refractivity contribution in [3.8, 4) is 0 Å².